The number of Topliss-reactive ketones (excluding diaryl/α,β-unsaturated/α-hetero) is 1. The molecule has 164 valence electrons. The van der Waals surface area contributed by atoms with Crippen LogP contribution in [0.25, 0.3) is 6.08 Å². The van der Waals surface area contributed by atoms with Crippen molar-refractivity contribution in [3.63, 3.8) is 0 Å². The highest BCUT2D eigenvalue weighted by Gasteiger charge is 2.28. The van der Waals surface area contributed by atoms with Crippen LogP contribution in [0.2, 0.25) is 0 Å². The first-order valence-electron chi connectivity index (χ1n) is 9.66. The molecule has 0 saturated carbocycles. The van der Waals surface area contributed by atoms with Crippen LogP contribution in [0.5, 0.6) is 28.7 Å². The van der Waals surface area contributed by atoms with E-state index >= 15 is 0 Å². The average molecular weight is 427 g/mol. The second-order valence-corrected chi connectivity index (χ2v) is 7.06. The number of rotatable bonds is 8. The number of methoxy groups -OCH3 is 3. The molecule has 2 aromatic carbocycles. The van der Waals surface area contributed by atoms with Crippen LogP contribution in [0, 0.1) is 0 Å². The summed E-state index contributed by atoms with van der Waals surface area (Å²) in [4.78, 5) is 24.5. The number of nitrogens with one attached hydrogen (secondary N) is 1. The van der Waals surface area contributed by atoms with E-state index in [2.05, 4.69) is 5.32 Å². The van der Waals surface area contributed by atoms with Crippen LogP contribution in [0.15, 0.2) is 36.1 Å². The molecule has 1 amide bonds. The summed E-state index contributed by atoms with van der Waals surface area (Å²) in [5, 5.41) is 2.75. The van der Waals surface area contributed by atoms with E-state index in [1.165, 1.54) is 21.3 Å². The van der Waals surface area contributed by atoms with Gasteiger partial charge in [0.05, 0.1) is 26.9 Å². The molecule has 0 spiro atoms. The molecular weight excluding hydrogens is 402 g/mol. The number of carbonyl (C=O) groups excluding carboxylic acids is 2. The monoisotopic (exact) mass is 427 g/mol. The highest BCUT2D eigenvalue weighted by molar-refractivity contribution is 6.14. The molecule has 1 aliphatic rings. The number of amides is 1. The summed E-state index contributed by atoms with van der Waals surface area (Å²) >= 11 is 0. The summed E-state index contributed by atoms with van der Waals surface area (Å²) in [6.07, 6.45) is 1.58. The predicted molar refractivity (Wildman–Crippen MR) is 114 cm³/mol. The van der Waals surface area contributed by atoms with E-state index in [1.807, 2.05) is 13.8 Å². The van der Waals surface area contributed by atoms with E-state index in [1.54, 1.807) is 36.4 Å². The van der Waals surface area contributed by atoms with E-state index in [0.29, 0.717) is 39.9 Å². The van der Waals surface area contributed by atoms with Crippen LogP contribution < -0.4 is 29.0 Å². The van der Waals surface area contributed by atoms with Crippen molar-refractivity contribution >= 4 is 17.8 Å². The molecule has 0 unspecified atom stereocenters. The van der Waals surface area contributed by atoms with Gasteiger partial charge in [-0.1, -0.05) is 0 Å². The van der Waals surface area contributed by atoms with Gasteiger partial charge in [-0.3, -0.25) is 9.59 Å². The molecule has 1 N–H and O–H groups in total. The smallest absolute Gasteiger partial charge is 0.258 e. The number of hydrogen-bond acceptors (Lipinski definition) is 7. The third-order valence-electron chi connectivity index (χ3n) is 4.48. The van der Waals surface area contributed by atoms with E-state index in [-0.39, 0.29) is 30.1 Å². The van der Waals surface area contributed by atoms with Gasteiger partial charge in [0.1, 0.15) is 17.2 Å². The van der Waals surface area contributed by atoms with Crippen LogP contribution in [0.3, 0.4) is 0 Å². The van der Waals surface area contributed by atoms with E-state index in [9.17, 15) is 9.59 Å². The summed E-state index contributed by atoms with van der Waals surface area (Å²) in [6.45, 7) is 3.61. The van der Waals surface area contributed by atoms with Crippen molar-refractivity contribution in [2.75, 3.05) is 27.9 Å². The Labute approximate surface area is 180 Å². The number of ether oxygens (including phenoxy) is 5. The van der Waals surface area contributed by atoms with Crippen molar-refractivity contribution in [3.8, 4) is 28.7 Å². The second kappa shape index (κ2) is 9.42. The van der Waals surface area contributed by atoms with Crippen LogP contribution >= 0.6 is 0 Å². The molecule has 2 aromatic rings. The van der Waals surface area contributed by atoms with E-state index in [0.717, 1.165) is 0 Å². The molecule has 0 radical (unpaired) electrons. The largest absolute Gasteiger partial charge is 0.496 e. The highest BCUT2D eigenvalue weighted by Crippen LogP contribution is 2.39. The zero-order valence-electron chi connectivity index (χ0n) is 18.1. The number of hydrogen-bond donors (Lipinski definition) is 1. The van der Waals surface area contributed by atoms with Gasteiger partial charge in [-0.15, -0.1) is 0 Å². The lowest BCUT2D eigenvalue weighted by molar-refractivity contribution is -0.123. The molecule has 0 saturated heterocycles. The summed E-state index contributed by atoms with van der Waals surface area (Å²) in [6, 6.07) is 8.22. The molecule has 0 aliphatic carbocycles. The van der Waals surface area contributed by atoms with Gasteiger partial charge in [-0.2, -0.15) is 0 Å². The Bertz CT molecular complexity index is 1030. The van der Waals surface area contributed by atoms with Crippen molar-refractivity contribution < 1.29 is 33.3 Å². The Morgan fingerprint density at radius 2 is 1.71 bits per heavy atom. The number of carbonyl (C=O) groups is 2. The van der Waals surface area contributed by atoms with Crippen molar-refractivity contribution in [2.24, 2.45) is 0 Å². The molecule has 3 rings (SSSR count). The Morgan fingerprint density at radius 3 is 2.35 bits per heavy atom. The van der Waals surface area contributed by atoms with Gasteiger partial charge in [0.2, 0.25) is 5.78 Å². The fourth-order valence-corrected chi connectivity index (χ4v) is 3.08. The highest BCUT2D eigenvalue weighted by atomic mass is 16.5. The first kappa shape index (κ1) is 22.0. The van der Waals surface area contributed by atoms with Gasteiger partial charge in [-0.05, 0) is 38.1 Å². The van der Waals surface area contributed by atoms with Crippen LogP contribution in [-0.4, -0.2) is 45.7 Å². The molecule has 31 heavy (non-hydrogen) atoms. The Morgan fingerprint density at radius 1 is 1.03 bits per heavy atom. The lowest BCUT2D eigenvalue weighted by atomic mass is 10.1. The topological polar surface area (TPSA) is 92.3 Å². The van der Waals surface area contributed by atoms with Crippen LogP contribution in [0.1, 0.15) is 29.8 Å². The molecule has 1 aliphatic heterocycles. The quantitative estimate of drug-likeness (QED) is 0.647. The van der Waals surface area contributed by atoms with Crippen LogP contribution in [0.4, 0.5) is 0 Å². The maximum absolute atomic E-state index is 12.8. The first-order valence-corrected chi connectivity index (χ1v) is 9.66. The number of allylic oxidation sites excluding steroid dienone is 1. The molecular formula is C23H25NO7. The van der Waals surface area contributed by atoms with Gasteiger partial charge >= 0.3 is 0 Å². The summed E-state index contributed by atoms with van der Waals surface area (Å²) in [5.41, 5.74) is 1.00. The predicted octanol–water partition coefficient (Wildman–Crippen LogP) is 3.23. The fraction of sp³-hybridized carbons (Fsp3) is 0.304. The SMILES string of the molecule is COc1cc(OC)c(OC)cc1/C=C1\Oc2cc(OCC(=O)NC(C)C)ccc2C1=O. The van der Waals surface area contributed by atoms with Crippen molar-refractivity contribution in [1.82, 2.24) is 5.32 Å². The zero-order valence-corrected chi connectivity index (χ0v) is 18.1. The lowest BCUT2D eigenvalue weighted by Gasteiger charge is -2.12. The minimum Gasteiger partial charge on any atom is -0.496 e. The fourth-order valence-electron chi connectivity index (χ4n) is 3.08. The molecule has 1 heterocycles. The maximum Gasteiger partial charge on any atom is 0.258 e. The summed E-state index contributed by atoms with van der Waals surface area (Å²) in [5.74, 6) is 1.92. The minimum absolute atomic E-state index is 0.0262. The number of benzene rings is 2. The van der Waals surface area contributed by atoms with Gasteiger partial charge in [0, 0.05) is 23.7 Å². The zero-order chi connectivity index (χ0) is 22.5. The molecule has 0 aromatic heterocycles. The molecule has 8 heteroatoms. The van der Waals surface area contributed by atoms with Gasteiger partial charge in [0.25, 0.3) is 5.91 Å². The van der Waals surface area contributed by atoms with Crippen molar-refractivity contribution in [1.29, 1.82) is 0 Å². The van der Waals surface area contributed by atoms with E-state index in [4.69, 9.17) is 23.7 Å². The summed E-state index contributed by atoms with van der Waals surface area (Å²) in [7, 11) is 4.58. The Balaban J connectivity index is 1.82. The van der Waals surface area contributed by atoms with E-state index < -0.39 is 0 Å². The summed E-state index contributed by atoms with van der Waals surface area (Å²) < 4.78 is 27.3. The third-order valence-corrected chi connectivity index (χ3v) is 4.48. The Hall–Kier alpha value is -3.68. The standard InChI is InChI=1S/C23H25NO7/c1-13(2)24-22(25)12-30-15-6-7-16-18(10-15)31-21(23(16)26)9-14-8-19(28-4)20(29-5)11-17(14)27-3/h6-11,13H,12H2,1-5H3,(H,24,25)/b21-9-. The first-order chi connectivity index (χ1) is 14.9. The molecule has 0 bridgehead atoms. The number of ketones is 1. The third kappa shape index (κ3) is 4.91. The molecule has 0 fully saturated rings. The lowest BCUT2D eigenvalue weighted by Crippen LogP contribution is -2.34. The van der Waals surface area contributed by atoms with Gasteiger partial charge < -0.3 is 29.0 Å². The molecule has 8 nitrogen and oxygen atoms in total. The van der Waals surface area contributed by atoms with Crippen molar-refractivity contribution in [3.05, 3.63) is 47.2 Å². The number of fused-ring (bicyclic) bond motifs is 1. The average Bonchev–Trinajstić information content (AvgIpc) is 3.06. The van der Waals surface area contributed by atoms with Crippen molar-refractivity contribution in [2.45, 2.75) is 19.9 Å². The van der Waals surface area contributed by atoms with Crippen LogP contribution in [-0.2, 0) is 4.79 Å². The van der Waals surface area contributed by atoms with Gasteiger partial charge in [-0.25, -0.2) is 0 Å². The maximum atomic E-state index is 12.8. The second-order valence-electron chi connectivity index (χ2n) is 7.06. The minimum atomic E-state index is -0.268. The molecule has 0 atom stereocenters. The Kier molecular flexibility index (Phi) is 6.69. The van der Waals surface area contributed by atoms with Gasteiger partial charge in [0.15, 0.2) is 23.9 Å². The normalized spacial score (nSPS) is 13.6.